The lowest BCUT2D eigenvalue weighted by Gasteiger charge is -2.32. The first-order valence-electron chi connectivity index (χ1n) is 7.32. The minimum atomic E-state index is -0.0515. The number of carbonyl (C=O) groups excluding carboxylic acids is 1. The monoisotopic (exact) mass is 301 g/mol. The van der Waals surface area contributed by atoms with E-state index >= 15 is 0 Å². The molecule has 0 aliphatic carbocycles. The minimum absolute atomic E-state index is 0.0515. The quantitative estimate of drug-likeness (QED) is 0.894. The SMILES string of the molecule is Cc1cc(NC2CCN(C(=O)c3cn(C)nn3)CC2)ncn1. The smallest absolute Gasteiger partial charge is 0.276 e. The lowest BCUT2D eigenvalue weighted by Crippen LogP contribution is -2.42. The van der Waals surface area contributed by atoms with Crippen molar-refractivity contribution >= 4 is 11.7 Å². The van der Waals surface area contributed by atoms with Crippen molar-refractivity contribution in [3.8, 4) is 0 Å². The molecule has 8 nitrogen and oxygen atoms in total. The number of nitrogens with zero attached hydrogens (tertiary/aromatic N) is 6. The molecule has 2 aromatic rings. The van der Waals surface area contributed by atoms with E-state index in [1.165, 1.54) is 0 Å². The molecule has 1 fully saturated rings. The Hall–Kier alpha value is -2.51. The lowest BCUT2D eigenvalue weighted by molar-refractivity contribution is 0.0712. The van der Waals surface area contributed by atoms with Gasteiger partial charge in [-0.1, -0.05) is 5.21 Å². The lowest BCUT2D eigenvalue weighted by atomic mass is 10.0. The van der Waals surface area contributed by atoms with Gasteiger partial charge in [-0.2, -0.15) is 0 Å². The van der Waals surface area contributed by atoms with E-state index in [0.29, 0.717) is 24.8 Å². The molecular formula is C14H19N7O. The summed E-state index contributed by atoms with van der Waals surface area (Å²) in [5.41, 5.74) is 1.34. The van der Waals surface area contributed by atoms with Gasteiger partial charge in [-0.15, -0.1) is 5.10 Å². The van der Waals surface area contributed by atoms with Gasteiger partial charge in [0.2, 0.25) is 0 Å². The summed E-state index contributed by atoms with van der Waals surface area (Å²) in [6.07, 6.45) is 4.98. The number of hydrogen-bond donors (Lipinski definition) is 1. The highest BCUT2D eigenvalue weighted by atomic mass is 16.2. The van der Waals surface area contributed by atoms with Crippen LogP contribution in [0.4, 0.5) is 5.82 Å². The highest BCUT2D eigenvalue weighted by molar-refractivity contribution is 5.92. The van der Waals surface area contributed by atoms with Crippen molar-refractivity contribution < 1.29 is 4.79 Å². The van der Waals surface area contributed by atoms with Crippen molar-refractivity contribution in [2.24, 2.45) is 7.05 Å². The van der Waals surface area contributed by atoms with Crippen LogP contribution in [0.5, 0.6) is 0 Å². The molecule has 0 saturated carbocycles. The number of rotatable bonds is 3. The average Bonchev–Trinajstić information content (AvgIpc) is 2.94. The maximum Gasteiger partial charge on any atom is 0.276 e. The molecule has 0 atom stereocenters. The molecule has 2 aromatic heterocycles. The summed E-state index contributed by atoms with van der Waals surface area (Å²) >= 11 is 0. The first-order valence-corrected chi connectivity index (χ1v) is 7.32. The Kier molecular flexibility index (Phi) is 3.99. The fourth-order valence-electron chi connectivity index (χ4n) is 2.58. The van der Waals surface area contributed by atoms with Crippen LogP contribution >= 0.6 is 0 Å². The summed E-state index contributed by atoms with van der Waals surface area (Å²) in [6, 6.07) is 2.25. The van der Waals surface area contributed by atoms with Gasteiger partial charge in [0.15, 0.2) is 5.69 Å². The van der Waals surface area contributed by atoms with Gasteiger partial charge in [-0.3, -0.25) is 9.48 Å². The standard InChI is InChI=1S/C14H19N7O/c1-10-7-13(16-9-15-10)17-11-3-5-21(6-4-11)14(22)12-8-20(2)19-18-12/h7-9,11H,3-6H2,1-2H3,(H,15,16,17). The van der Waals surface area contributed by atoms with Crippen LogP contribution in [0, 0.1) is 6.92 Å². The van der Waals surface area contributed by atoms with Gasteiger partial charge in [0, 0.05) is 37.9 Å². The molecule has 8 heteroatoms. The second kappa shape index (κ2) is 6.08. The molecule has 1 N–H and O–H groups in total. The number of carbonyl (C=O) groups is 1. The largest absolute Gasteiger partial charge is 0.367 e. The third-order valence-corrected chi connectivity index (χ3v) is 3.76. The molecule has 1 amide bonds. The number of hydrogen-bond acceptors (Lipinski definition) is 6. The van der Waals surface area contributed by atoms with Crippen molar-refractivity contribution in [1.82, 2.24) is 29.9 Å². The number of aryl methyl sites for hydroxylation is 2. The maximum absolute atomic E-state index is 12.3. The topological polar surface area (TPSA) is 88.8 Å². The number of nitrogens with one attached hydrogen (secondary N) is 1. The Balaban J connectivity index is 1.55. The highest BCUT2D eigenvalue weighted by Gasteiger charge is 2.25. The van der Waals surface area contributed by atoms with Gasteiger partial charge in [0.25, 0.3) is 5.91 Å². The van der Waals surface area contributed by atoms with Crippen LogP contribution in [0.25, 0.3) is 0 Å². The number of piperidine rings is 1. The van der Waals surface area contributed by atoms with Gasteiger partial charge in [0.1, 0.15) is 12.1 Å². The number of aromatic nitrogens is 5. The van der Waals surface area contributed by atoms with Gasteiger partial charge in [-0.05, 0) is 19.8 Å². The highest BCUT2D eigenvalue weighted by Crippen LogP contribution is 2.16. The number of amides is 1. The Morgan fingerprint density at radius 1 is 1.32 bits per heavy atom. The summed E-state index contributed by atoms with van der Waals surface area (Å²) in [6.45, 7) is 3.35. The number of anilines is 1. The van der Waals surface area contributed by atoms with E-state index < -0.39 is 0 Å². The van der Waals surface area contributed by atoms with Crippen molar-refractivity contribution in [2.75, 3.05) is 18.4 Å². The second-order valence-electron chi connectivity index (χ2n) is 5.53. The second-order valence-corrected chi connectivity index (χ2v) is 5.53. The van der Waals surface area contributed by atoms with Crippen LogP contribution in [0.15, 0.2) is 18.6 Å². The molecule has 0 aromatic carbocycles. The van der Waals surface area contributed by atoms with Crippen molar-refractivity contribution in [3.05, 3.63) is 30.0 Å². The summed E-state index contributed by atoms with van der Waals surface area (Å²) in [4.78, 5) is 22.4. The van der Waals surface area contributed by atoms with Gasteiger partial charge >= 0.3 is 0 Å². The fraction of sp³-hybridized carbons (Fsp3) is 0.500. The molecule has 1 aliphatic heterocycles. The molecule has 0 bridgehead atoms. The van der Waals surface area contributed by atoms with E-state index in [9.17, 15) is 4.79 Å². The van der Waals surface area contributed by atoms with Crippen LogP contribution in [-0.4, -0.2) is 54.9 Å². The predicted molar refractivity (Wildman–Crippen MR) is 80.3 cm³/mol. The molecule has 0 unspecified atom stereocenters. The van der Waals surface area contributed by atoms with E-state index in [1.807, 2.05) is 17.9 Å². The van der Waals surface area contributed by atoms with Crippen LogP contribution < -0.4 is 5.32 Å². The zero-order chi connectivity index (χ0) is 15.5. The zero-order valence-corrected chi connectivity index (χ0v) is 12.7. The Morgan fingerprint density at radius 3 is 2.73 bits per heavy atom. The molecule has 0 radical (unpaired) electrons. The minimum Gasteiger partial charge on any atom is -0.367 e. The zero-order valence-electron chi connectivity index (χ0n) is 12.7. The molecule has 1 saturated heterocycles. The average molecular weight is 301 g/mol. The third kappa shape index (κ3) is 3.21. The molecular weight excluding hydrogens is 282 g/mol. The summed E-state index contributed by atoms with van der Waals surface area (Å²) in [5, 5.41) is 11.1. The van der Waals surface area contributed by atoms with E-state index in [4.69, 9.17) is 0 Å². The van der Waals surface area contributed by atoms with Crippen molar-refractivity contribution in [1.29, 1.82) is 0 Å². The first kappa shape index (κ1) is 14.4. The van der Waals surface area contributed by atoms with Crippen LogP contribution in [0.3, 0.4) is 0 Å². The number of likely N-dealkylation sites (tertiary alicyclic amines) is 1. The van der Waals surface area contributed by atoms with E-state index in [-0.39, 0.29) is 5.91 Å². The first-order chi connectivity index (χ1) is 10.6. The molecule has 3 rings (SSSR count). The third-order valence-electron chi connectivity index (χ3n) is 3.76. The Labute approximate surface area is 128 Å². The predicted octanol–water partition coefficient (Wildman–Crippen LogP) is 0.630. The van der Waals surface area contributed by atoms with E-state index in [0.717, 1.165) is 24.4 Å². The summed E-state index contributed by atoms with van der Waals surface area (Å²) in [7, 11) is 1.75. The Bertz CT molecular complexity index is 661. The summed E-state index contributed by atoms with van der Waals surface area (Å²) < 4.78 is 1.54. The molecule has 1 aliphatic rings. The van der Waals surface area contributed by atoms with E-state index in [1.54, 1.807) is 24.3 Å². The van der Waals surface area contributed by atoms with Crippen LogP contribution in [-0.2, 0) is 7.05 Å². The summed E-state index contributed by atoms with van der Waals surface area (Å²) in [5.74, 6) is 0.788. The van der Waals surface area contributed by atoms with Crippen molar-refractivity contribution in [3.63, 3.8) is 0 Å². The fourth-order valence-corrected chi connectivity index (χ4v) is 2.58. The van der Waals surface area contributed by atoms with Gasteiger partial charge in [-0.25, -0.2) is 9.97 Å². The van der Waals surface area contributed by atoms with E-state index in [2.05, 4.69) is 25.6 Å². The molecule has 22 heavy (non-hydrogen) atoms. The van der Waals surface area contributed by atoms with Crippen LogP contribution in [0.1, 0.15) is 29.0 Å². The molecule has 116 valence electrons. The molecule has 0 spiro atoms. The van der Waals surface area contributed by atoms with Gasteiger partial charge < -0.3 is 10.2 Å². The normalized spacial score (nSPS) is 15.8. The van der Waals surface area contributed by atoms with Gasteiger partial charge in [0.05, 0.1) is 6.20 Å². The Morgan fingerprint density at radius 2 is 2.09 bits per heavy atom. The maximum atomic E-state index is 12.3. The van der Waals surface area contributed by atoms with Crippen molar-refractivity contribution in [2.45, 2.75) is 25.8 Å². The van der Waals surface area contributed by atoms with Crippen LogP contribution in [0.2, 0.25) is 0 Å². The molecule has 3 heterocycles.